The van der Waals surface area contributed by atoms with Gasteiger partial charge >= 0.3 is 0 Å². The first-order valence-electron chi connectivity index (χ1n) is 7.67. The molecule has 1 heteroatoms. The number of hydrogen-bond donors (Lipinski definition) is 1. The lowest BCUT2D eigenvalue weighted by molar-refractivity contribution is 0.0240. The lowest BCUT2D eigenvalue weighted by atomic mass is 9.54. The van der Waals surface area contributed by atoms with Gasteiger partial charge in [-0.3, -0.25) is 0 Å². The van der Waals surface area contributed by atoms with Crippen molar-refractivity contribution >= 4 is 0 Å². The fourth-order valence-corrected chi connectivity index (χ4v) is 4.60. The molecule has 0 saturated heterocycles. The Hall–Kier alpha value is -0.720. The predicted octanol–water partition coefficient (Wildman–Crippen LogP) is 4.13. The maximum Gasteiger partial charge on any atom is 0.0182 e. The highest BCUT2D eigenvalue weighted by molar-refractivity contribution is 5.36. The van der Waals surface area contributed by atoms with Crippen LogP contribution in [0.4, 0.5) is 0 Å². The number of hydrogen-bond acceptors (Lipinski definition) is 1. The van der Waals surface area contributed by atoms with Gasteiger partial charge in [-0.05, 0) is 48.0 Å². The third-order valence-corrected chi connectivity index (χ3v) is 5.82. The molecule has 1 aliphatic heterocycles. The second kappa shape index (κ2) is 4.15. The van der Waals surface area contributed by atoms with E-state index in [0.29, 0.717) is 5.41 Å². The van der Waals surface area contributed by atoms with Gasteiger partial charge in [-0.1, -0.05) is 39.8 Å². The molecule has 0 spiro atoms. The van der Waals surface area contributed by atoms with Crippen molar-refractivity contribution in [2.45, 2.75) is 47.0 Å². The fourth-order valence-electron chi connectivity index (χ4n) is 4.60. The van der Waals surface area contributed by atoms with Crippen LogP contribution in [0.25, 0.3) is 0 Å². The van der Waals surface area contributed by atoms with Crippen LogP contribution in [-0.2, 0) is 0 Å². The highest BCUT2D eigenvalue weighted by Crippen LogP contribution is 2.54. The zero-order valence-corrected chi connectivity index (χ0v) is 12.3. The molecule has 0 aromatic rings. The first-order valence-corrected chi connectivity index (χ1v) is 7.67. The molecular weight excluding hydrogens is 218 g/mol. The largest absolute Gasteiger partial charge is 0.388 e. The van der Waals surface area contributed by atoms with E-state index in [1.807, 2.05) is 0 Å². The van der Waals surface area contributed by atoms with Crippen molar-refractivity contribution in [3.05, 3.63) is 23.4 Å². The molecular formula is C17H27N. The Morgan fingerprint density at radius 2 is 1.94 bits per heavy atom. The van der Waals surface area contributed by atoms with E-state index in [1.165, 1.54) is 19.3 Å². The number of fused-ring (bicyclic) bond motifs is 1. The molecule has 3 aliphatic carbocycles. The smallest absolute Gasteiger partial charge is 0.0182 e. The van der Waals surface area contributed by atoms with E-state index in [-0.39, 0.29) is 0 Å². The van der Waals surface area contributed by atoms with Gasteiger partial charge in [0, 0.05) is 18.2 Å². The Labute approximate surface area is 112 Å². The SMILES string of the molecule is CC1C2C/C=C\C3=C(NCCCC3(C)C)C1C2C. The van der Waals surface area contributed by atoms with Gasteiger partial charge in [0.15, 0.2) is 0 Å². The summed E-state index contributed by atoms with van der Waals surface area (Å²) in [6, 6.07) is 0. The molecule has 1 heterocycles. The van der Waals surface area contributed by atoms with Crippen LogP contribution < -0.4 is 5.32 Å². The standard InChI is InChI=1S/C17H27N/c1-11-13-7-5-8-14-16(15(11)12(13)2)18-10-6-9-17(14,3)4/h5,8,11-13,15,18H,6-7,9-10H2,1-4H3/b8-5-. The van der Waals surface area contributed by atoms with Crippen molar-refractivity contribution in [2.75, 3.05) is 6.54 Å². The molecule has 1 fully saturated rings. The van der Waals surface area contributed by atoms with Gasteiger partial charge in [-0.25, -0.2) is 0 Å². The molecule has 4 rings (SSSR count). The van der Waals surface area contributed by atoms with Crippen LogP contribution in [0.3, 0.4) is 0 Å². The summed E-state index contributed by atoms with van der Waals surface area (Å²) in [5.41, 5.74) is 3.53. The summed E-state index contributed by atoms with van der Waals surface area (Å²) in [7, 11) is 0. The van der Waals surface area contributed by atoms with Crippen LogP contribution in [0.5, 0.6) is 0 Å². The molecule has 4 aliphatic rings. The van der Waals surface area contributed by atoms with E-state index in [1.54, 1.807) is 11.3 Å². The van der Waals surface area contributed by atoms with Crippen molar-refractivity contribution in [2.24, 2.45) is 29.1 Å². The summed E-state index contributed by atoms with van der Waals surface area (Å²) in [5.74, 6) is 3.41. The maximum atomic E-state index is 3.78. The molecule has 1 nitrogen and oxygen atoms in total. The maximum absolute atomic E-state index is 3.78. The van der Waals surface area contributed by atoms with Gasteiger partial charge in [-0.2, -0.15) is 0 Å². The van der Waals surface area contributed by atoms with E-state index in [0.717, 1.165) is 30.2 Å². The van der Waals surface area contributed by atoms with Gasteiger partial charge in [0.1, 0.15) is 0 Å². The minimum atomic E-state index is 0.344. The first-order chi connectivity index (χ1) is 8.52. The first kappa shape index (κ1) is 12.3. The summed E-state index contributed by atoms with van der Waals surface area (Å²) in [6.45, 7) is 10.9. The second-order valence-corrected chi connectivity index (χ2v) is 7.29. The van der Waals surface area contributed by atoms with Crippen molar-refractivity contribution < 1.29 is 0 Å². The molecule has 0 aromatic heterocycles. The van der Waals surface area contributed by atoms with E-state index >= 15 is 0 Å². The third-order valence-electron chi connectivity index (χ3n) is 5.82. The molecule has 2 unspecified atom stereocenters. The van der Waals surface area contributed by atoms with Gasteiger partial charge in [0.2, 0.25) is 0 Å². The minimum Gasteiger partial charge on any atom is -0.388 e. The van der Waals surface area contributed by atoms with E-state index in [4.69, 9.17) is 0 Å². The van der Waals surface area contributed by atoms with Gasteiger partial charge in [0.25, 0.3) is 0 Å². The predicted molar refractivity (Wildman–Crippen MR) is 77.1 cm³/mol. The molecule has 100 valence electrons. The Morgan fingerprint density at radius 1 is 1.22 bits per heavy atom. The van der Waals surface area contributed by atoms with Crippen LogP contribution in [0.1, 0.15) is 47.0 Å². The Morgan fingerprint density at radius 3 is 2.67 bits per heavy atom. The topological polar surface area (TPSA) is 12.0 Å². The van der Waals surface area contributed by atoms with Crippen LogP contribution >= 0.6 is 0 Å². The highest BCUT2D eigenvalue weighted by atomic mass is 14.9. The summed E-state index contributed by atoms with van der Waals surface area (Å²) in [4.78, 5) is 0. The van der Waals surface area contributed by atoms with E-state index in [9.17, 15) is 0 Å². The van der Waals surface area contributed by atoms with Gasteiger partial charge in [0.05, 0.1) is 0 Å². The Balaban J connectivity index is 2.07. The van der Waals surface area contributed by atoms with Gasteiger partial charge < -0.3 is 5.32 Å². The Bertz CT molecular complexity index is 392. The molecule has 1 saturated carbocycles. The number of nitrogens with one attached hydrogen (secondary N) is 1. The highest BCUT2D eigenvalue weighted by Gasteiger charge is 2.48. The molecule has 18 heavy (non-hydrogen) atoms. The molecule has 2 atom stereocenters. The van der Waals surface area contributed by atoms with Crippen molar-refractivity contribution in [1.82, 2.24) is 5.32 Å². The average Bonchev–Trinajstić information content (AvgIpc) is 2.41. The third kappa shape index (κ3) is 1.66. The van der Waals surface area contributed by atoms with E-state index < -0.39 is 0 Å². The van der Waals surface area contributed by atoms with E-state index in [2.05, 4.69) is 45.2 Å². The zero-order chi connectivity index (χ0) is 12.9. The number of rotatable bonds is 0. The fraction of sp³-hybridized carbons (Fsp3) is 0.765. The Kier molecular flexibility index (Phi) is 2.84. The summed E-state index contributed by atoms with van der Waals surface area (Å²) >= 11 is 0. The molecule has 0 aromatic carbocycles. The van der Waals surface area contributed by atoms with Crippen molar-refractivity contribution in [3.8, 4) is 0 Å². The monoisotopic (exact) mass is 245 g/mol. The average molecular weight is 245 g/mol. The normalized spacial score (nSPS) is 43.8. The van der Waals surface area contributed by atoms with Crippen LogP contribution in [0.15, 0.2) is 23.4 Å². The van der Waals surface area contributed by atoms with Crippen molar-refractivity contribution in [1.29, 1.82) is 0 Å². The lowest BCUT2D eigenvalue weighted by Crippen LogP contribution is -2.48. The zero-order valence-electron chi connectivity index (χ0n) is 12.3. The summed E-state index contributed by atoms with van der Waals surface area (Å²) in [6.07, 6.45) is 8.77. The molecule has 0 radical (unpaired) electrons. The number of allylic oxidation sites excluding steroid dienone is 4. The molecule has 1 N–H and O–H groups in total. The molecule has 2 bridgehead atoms. The van der Waals surface area contributed by atoms with Crippen LogP contribution in [0, 0.1) is 29.1 Å². The summed E-state index contributed by atoms with van der Waals surface area (Å²) in [5, 5.41) is 3.78. The van der Waals surface area contributed by atoms with Crippen LogP contribution in [-0.4, -0.2) is 6.54 Å². The van der Waals surface area contributed by atoms with Gasteiger partial charge in [-0.15, -0.1) is 0 Å². The minimum absolute atomic E-state index is 0.344. The quantitative estimate of drug-likeness (QED) is 0.676. The van der Waals surface area contributed by atoms with Crippen molar-refractivity contribution in [3.63, 3.8) is 0 Å². The summed E-state index contributed by atoms with van der Waals surface area (Å²) < 4.78 is 0. The lowest BCUT2D eigenvalue weighted by Gasteiger charge is -2.52. The second-order valence-electron chi connectivity index (χ2n) is 7.29. The van der Waals surface area contributed by atoms with Crippen LogP contribution in [0.2, 0.25) is 0 Å². The molecule has 0 amide bonds.